The minimum absolute atomic E-state index is 0. The number of aryl methyl sites for hydroxylation is 1. The maximum absolute atomic E-state index is 14.5. The number of aliphatic imine (C=N–C) groups is 1. The monoisotopic (exact) mass is 471 g/mol. The van der Waals surface area contributed by atoms with Gasteiger partial charge in [0, 0.05) is 39.1 Å². The van der Waals surface area contributed by atoms with Gasteiger partial charge < -0.3 is 14.8 Å². The average molecular weight is 471 g/mol. The summed E-state index contributed by atoms with van der Waals surface area (Å²) < 4.78 is 16.2. The Bertz CT molecular complexity index is 750. The van der Waals surface area contributed by atoms with Crippen LogP contribution in [-0.4, -0.2) is 40.5 Å². The van der Waals surface area contributed by atoms with E-state index in [-0.39, 0.29) is 29.8 Å². The maximum Gasteiger partial charge on any atom is 0.193 e. The van der Waals surface area contributed by atoms with Gasteiger partial charge in [-0.05, 0) is 43.4 Å². The van der Waals surface area contributed by atoms with E-state index in [1.165, 1.54) is 12.8 Å². The summed E-state index contributed by atoms with van der Waals surface area (Å²) in [7, 11) is 1.80. The van der Waals surface area contributed by atoms with Gasteiger partial charge in [-0.2, -0.15) is 0 Å². The Morgan fingerprint density at radius 3 is 2.65 bits per heavy atom. The number of imidazole rings is 1. The SMILES string of the molecule is CN=C(NCc1ccc(-n2ccnc2C)c(F)c1)N1CCC(C)CC1.I. The van der Waals surface area contributed by atoms with Gasteiger partial charge in [-0.1, -0.05) is 13.0 Å². The van der Waals surface area contributed by atoms with Crippen molar-refractivity contribution in [3.8, 4) is 5.69 Å². The Balaban J connectivity index is 0.00000243. The molecule has 1 saturated heterocycles. The second kappa shape index (κ2) is 9.34. The summed E-state index contributed by atoms with van der Waals surface area (Å²) in [5, 5.41) is 3.35. The highest BCUT2D eigenvalue weighted by Crippen LogP contribution is 2.18. The van der Waals surface area contributed by atoms with Gasteiger partial charge in [-0.3, -0.25) is 4.99 Å². The third kappa shape index (κ3) is 4.75. The van der Waals surface area contributed by atoms with E-state index >= 15 is 0 Å². The van der Waals surface area contributed by atoms with E-state index in [4.69, 9.17) is 0 Å². The van der Waals surface area contributed by atoms with Gasteiger partial charge in [0.05, 0.1) is 5.69 Å². The van der Waals surface area contributed by atoms with Gasteiger partial charge in [0.15, 0.2) is 5.96 Å². The zero-order chi connectivity index (χ0) is 17.8. The van der Waals surface area contributed by atoms with Crippen molar-refractivity contribution in [3.05, 3.63) is 47.8 Å². The zero-order valence-electron chi connectivity index (χ0n) is 15.6. The lowest BCUT2D eigenvalue weighted by atomic mass is 9.99. The van der Waals surface area contributed by atoms with Gasteiger partial charge in [0.2, 0.25) is 0 Å². The van der Waals surface area contributed by atoms with Gasteiger partial charge in [0.1, 0.15) is 11.6 Å². The number of guanidine groups is 1. The average Bonchev–Trinajstić information content (AvgIpc) is 3.03. The molecule has 2 heterocycles. The summed E-state index contributed by atoms with van der Waals surface area (Å²) in [5.74, 6) is 2.19. The Labute approximate surface area is 171 Å². The standard InChI is InChI=1S/C19H26FN5.HI/c1-14-6-9-24(10-7-14)19(21-3)23-13-16-4-5-18(17(20)12-16)25-11-8-22-15(25)2;/h4-5,8,11-12,14H,6-7,9-10,13H2,1-3H3,(H,21,23);1H. The second-order valence-corrected chi connectivity index (χ2v) is 6.70. The topological polar surface area (TPSA) is 45.5 Å². The van der Waals surface area contributed by atoms with Crippen LogP contribution in [0, 0.1) is 18.7 Å². The first kappa shape index (κ1) is 20.7. The first-order valence-corrected chi connectivity index (χ1v) is 8.83. The number of benzene rings is 1. The molecule has 0 saturated carbocycles. The first-order valence-electron chi connectivity index (χ1n) is 8.83. The Morgan fingerprint density at radius 2 is 2.08 bits per heavy atom. The van der Waals surface area contributed by atoms with Crippen molar-refractivity contribution >= 4 is 29.9 Å². The highest BCUT2D eigenvalue weighted by Gasteiger charge is 2.18. The first-order chi connectivity index (χ1) is 12.1. The molecule has 1 aliphatic heterocycles. The molecule has 3 rings (SSSR count). The molecular formula is C19H27FIN5. The molecule has 5 nitrogen and oxygen atoms in total. The molecule has 0 spiro atoms. The van der Waals surface area contributed by atoms with E-state index in [0.717, 1.165) is 36.4 Å². The molecule has 142 valence electrons. The number of nitrogens with one attached hydrogen (secondary N) is 1. The third-order valence-electron chi connectivity index (χ3n) is 4.84. The normalized spacial score (nSPS) is 15.7. The summed E-state index contributed by atoms with van der Waals surface area (Å²) in [4.78, 5) is 10.8. The van der Waals surface area contributed by atoms with E-state index in [1.54, 1.807) is 36.1 Å². The van der Waals surface area contributed by atoms with Crippen LogP contribution in [0.15, 0.2) is 35.6 Å². The van der Waals surface area contributed by atoms with Crippen molar-refractivity contribution in [2.45, 2.75) is 33.2 Å². The summed E-state index contributed by atoms with van der Waals surface area (Å²) in [5.41, 5.74) is 1.42. The molecule has 1 N–H and O–H groups in total. The fourth-order valence-corrected chi connectivity index (χ4v) is 3.22. The predicted molar refractivity (Wildman–Crippen MR) is 114 cm³/mol. The molecule has 0 aliphatic carbocycles. The van der Waals surface area contributed by atoms with Crippen molar-refractivity contribution in [3.63, 3.8) is 0 Å². The molecule has 1 aromatic carbocycles. The van der Waals surface area contributed by atoms with E-state index in [1.807, 2.05) is 13.0 Å². The maximum atomic E-state index is 14.5. The highest BCUT2D eigenvalue weighted by atomic mass is 127. The Kier molecular flexibility index (Phi) is 7.43. The lowest BCUT2D eigenvalue weighted by molar-refractivity contribution is 0.273. The van der Waals surface area contributed by atoms with Crippen LogP contribution in [0.3, 0.4) is 0 Å². The number of halogens is 2. The molecule has 0 radical (unpaired) electrons. The molecule has 0 unspecified atom stereocenters. The summed E-state index contributed by atoms with van der Waals surface area (Å²) in [6.07, 6.45) is 5.82. The molecule has 0 amide bonds. The fourth-order valence-electron chi connectivity index (χ4n) is 3.22. The number of aromatic nitrogens is 2. The van der Waals surface area contributed by atoms with Crippen LogP contribution in [0.25, 0.3) is 5.69 Å². The number of piperidine rings is 1. The number of likely N-dealkylation sites (tertiary alicyclic amines) is 1. The van der Waals surface area contributed by atoms with Crippen LogP contribution in [0.2, 0.25) is 0 Å². The minimum Gasteiger partial charge on any atom is -0.352 e. The number of hydrogen-bond donors (Lipinski definition) is 1. The van der Waals surface area contributed by atoms with Gasteiger partial charge in [-0.25, -0.2) is 9.37 Å². The molecule has 2 aromatic rings. The highest BCUT2D eigenvalue weighted by molar-refractivity contribution is 14.0. The van der Waals surface area contributed by atoms with Crippen molar-refractivity contribution < 1.29 is 4.39 Å². The van der Waals surface area contributed by atoms with Crippen LogP contribution in [0.5, 0.6) is 0 Å². The van der Waals surface area contributed by atoms with Crippen LogP contribution >= 0.6 is 24.0 Å². The van der Waals surface area contributed by atoms with Crippen LogP contribution < -0.4 is 5.32 Å². The predicted octanol–water partition coefficient (Wildman–Crippen LogP) is 3.75. The molecule has 0 atom stereocenters. The molecule has 7 heteroatoms. The Morgan fingerprint density at radius 1 is 1.35 bits per heavy atom. The number of rotatable bonds is 3. The summed E-state index contributed by atoms with van der Waals surface area (Å²) >= 11 is 0. The second-order valence-electron chi connectivity index (χ2n) is 6.70. The lowest BCUT2D eigenvalue weighted by Crippen LogP contribution is -2.45. The molecule has 1 fully saturated rings. The Hall–Kier alpha value is -1.64. The van der Waals surface area contributed by atoms with Crippen LogP contribution in [0.4, 0.5) is 4.39 Å². The summed E-state index contributed by atoms with van der Waals surface area (Å²) in [6.45, 7) is 6.75. The van der Waals surface area contributed by atoms with Gasteiger partial charge in [0.25, 0.3) is 0 Å². The van der Waals surface area contributed by atoms with Crippen LogP contribution in [-0.2, 0) is 6.54 Å². The number of nitrogens with zero attached hydrogens (tertiary/aromatic N) is 4. The minimum atomic E-state index is -0.248. The smallest absolute Gasteiger partial charge is 0.193 e. The summed E-state index contributed by atoms with van der Waals surface area (Å²) in [6, 6.07) is 5.32. The largest absolute Gasteiger partial charge is 0.352 e. The number of hydrogen-bond acceptors (Lipinski definition) is 2. The van der Waals surface area contributed by atoms with E-state index < -0.39 is 0 Å². The van der Waals surface area contributed by atoms with Gasteiger partial charge >= 0.3 is 0 Å². The van der Waals surface area contributed by atoms with E-state index in [2.05, 4.69) is 27.1 Å². The van der Waals surface area contributed by atoms with Gasteiger partial charge in [-0.15, -0.1) is 24.0 Å². The van der Waals surface area contributed by atoms with E-state index in [9.17, 15) is 4.39 Å². The molecule has 1 aliphatic rings. The molecule has 1 aromatic heterocycles. The quantitative estimate of drug-likeness (QED) is 0.422. The van der Waals surface area contributed by atoms with Crippen molar-refractivity contribution in [1.82, 2.24) is 19.8 Å². The molecular weight excluding hydrogens is 444 g/mol. The third-order valence-corrected chi connectivity index (χ3v) is 4.84. The van der Waals surface area contributed by atoms with Crippen molar-refractivity contribution in [2.75, 3.05) is 20.1 Å². The van der Waals surface area contributed by atoms with E-state index in [0.29, 0.717) is 12.2 Å². The zero-order valence-corrected chi connectivity index (χ0v) is 17.9. The van der Waals surface area contributed by atoms with Crippen LogP contribution in [0.1, 0.15) is 31.2 Å². The van der Waals surface area contributed by atoms with Crippen molar-refractivity contribution in [1.29, 1.82) is 0 Å². The van der Waals surface area contributed by atoms with Crippen molar-refractivity contribution in [2.24, 2.45) is 10.9 Å². The fraction of sp³-hybridized carbons (Fsp3) is 0.474. The molecule has 0 bridgehead atoms. The lowest BCUT2D eigenvalue weighted by Gasteiger charge is -2.32. The molecule has 26 heavy (non-hydrogen) atoms.